The molecule has 3 nitrogen and oxygen atoms in total. The Bertz CT molecular complexity index is 864. The molecule has 2 aliphatic rings. The third kappa shape index (κ3) is 8.13. The van der Waals surface area contributed by atoms with E-state index in [9.17, 15) is 4.79 Å². The van der Waals surface area contributed by atoms with Gasteiger partial charge in [-0.25, -0.2) is 0 Å². The molecule has 1 N–H and O–H groups in total. The molecule has 0 radical (unpaired) electrons. The predicted octanol–water partition coefficient (Wildman–Crippen LogP) is 6.27. The molecule has 0 aliphatic carbocycles. The predicted molar refractivity (Wildman–Crippen MR) is 146 cm³/mol. The molecule has 7 heteroatoms. The van der Waals surface area contributed by atoms with Gasteiger partial charge in [-0.1, -0.05) is 48.0 Å². The van der Waals surface area contributed by atoms with Crippen LogP contribution in [0, 0.1) is 5.92 Å². The van der Waals surface area contributed by atoms with Gasteiger partial charge in [0.2, 0.25) is 0 Å². The Hall–Kier alpha value is -0.810. The minimum absolute atomic E-state index is 0. The van der Waals surface area contributed by atoms with E-state index in [1.54, 1.807) is 0 Å². The molecule has 2 aromatic carbocycles. The summed E-state index contributed by atoms with van der Waals surface area (Å²) in [7, 11) is 0. The second-order valence-corrected chi connectivity index (χ2v) is 9.26. The largest absolute Gasteiger partial charge is 0.316 e. The van der Waals surface area contributed by atoms with Crippen molar-refractivity contribution in [3.8, 4) is 0 Å². The first-order chi connectivity index (χ1) is 14.7. The van der Waals surface area contributed by atoms with Crippen molar-refractivity contribution in [2.45, 2.75) is 51.0 Å². The molecule has 2 aromatic rings. The van der Waals surface area contributed by atoms with Crippen molar-refractivity contribution in [3.63, 3.8) is 0 Å². The van der Waals surface area contributed by atoms with E-state index in [4.69, 9.17) is 11.6 Å². The Morgan fingerprint density at radius 2 is 1.79 bits per heavy atom. The number of carbonyl (C=O) groups excluding carboxylic acids is 1. The van der Waals surface area contributed by atoms with E-state index in [-0.39, 0.29) is 37.2 Å². The minimum atomic E-state index is 0. The number of fused-ring (bicyclic) bond motifs is 1. The van der Waals surface area contributed by atoms with Crippen LogP contribution < -0.4 is 5.32 Å². The average molecular weight is 534 g/mol. The third-order valence-corrected chi connectivity index (χ3v) is 7.26. The molecule has 2 heterocycles. The number of unbranched alkanes of at least 4 members (excludes halogenated alkanes) is 1. The van der Waals surface area contributed by atoms with Gasteiger partial charge in [0, 0.05) is 24.5 Å². The number of nitrogens with zero attached hydrogens (tertiary/aromatic N) is 1. The summed E-state index contributed by atoms with van der Waals surface area (Å²) in [5, 5.41) is 4.38. The van der Waals surface area contributed by atoms with E-state index in [0.29, 0.717) is 18.3 Å². The molecule has 2 atom stereocenters. The lowest BCUT2D eigenvalue weighted by Crippen LogP contribution is -2.39. The van der Waals surface area contributed by atoms with Gasteiger partial charge in [-0.05, 0) is 91.9 Å². The number of halogens is 4. The molecule has 4 rings (SSSR count). The van der Waals surface area contributed by atoms with Crippen LogP contribution in [0.25, 0.3) is 0 Å². The number of carbonyl (C=O) groups is 1. The molecule has 1 fully saturated rings. The molecule has 184 valence electrons. The van der Waals surface area contributed by atoms with Crippen LogP contribution >= 0.6 is 48.8 Å². The highest BCUT2D eigenvalue weighted by Crippen LogP contribution is 2.37. The van der Waals surface area contributed by atoms with Crippen molar-refractivity contribution in [1.29, 1.82) is 0 Å². The van der Waals surface area contributed by atoms with Crippen LogP contribution in [0.2, 0.25) is 5.02 Å². The van der Waals surface area contributed by atoms with E-state index in [1.807, 2.05) is 12.1 Å². The fourth-order valence-electron chi connectivity index (χ4n) is 5.19. The van der Waals surface area contributed by atoms with Crippen molar-refractivity contribution in [2.24, 2.45) is 5.92 Å². The smallest absolute Gasteiger partial charge is 0.119 e. The number of hydrogen-bond donors (Lipinski definition) is 1. The standard InChI is InChI=1S/C26H33ClN2O.3ClH/c27-26-7-2-1-6-24(26)18-29-15-12-21(5-3-4-16-30)25(19-29)23-9-8-20-10-13-28-14-11-22(20)17-23;;;/h1-2,6-9,16-17,21,25,28H,3-5,10-15,18-19H2;3*1H. The number of nitrogens with one attached hydrogen (secondary N) is 1. The summed E-state index contributed by atoms with van der Waals surface area (Å²) in [5.74, 6) is 1.17. The minimum Gasteiger partial charge on any atom is -0.316 e. The molecular weight excluding hydrogens is 498 g/mol. The lowest BCUT2D eigenvalue weighted by molar-refractivity contribution is -0.108. The number of hydrogen-bond acceptors (Lipinski definition) is 3. The highest BCUT2D eigenvalue weighted by Gasteiger charge is 2.30. The van der Waals surface area contributed by atoms with Crippen molar-refractivity contribution in [1.82, 2.24) is 10.2 Å². The number of likely N-dealkylation sites (tertiary alicyclic amines) is 1. The second kappa shape index (κ2) is 15.2. The van der Waals surface area contributed by atoms with Crippen LogP contribution in [0.3, 0.4) is 0 Å². The summed E-state index contributed by atoms with van der Waals surface area (Å²) in [6, 6.07) is 15.4. The second-order valence-electron chi connectivity index (χ2n) is 8.86. The molecule has 0 aromatic heterocycles. The van der Waals surface area contributed by atoms with Crippen molar-refractivity contribution < 1.29 is 4.79 Å². The van der Waals surface area contributed by atoms with Crippen molar-refractivity contribution >= 4 is 55.1 Å². The number of rotatable bonds is 7. The van der Waals surface area contributed by atoms with Gasteiger partial charge in [0.15, 0.2) is 0 Å². The first-order valence-electron chi connectivity index (χ1n) is 11.5. The normalized spacial score (nSPS) is 20.3. The SMILES string of the molecule is Cl.Cl.Cl.O=CCCCC1CCN(Cc2ccccc2Cl)CC1c1ccc2c(c1)CCNCC2. The monoisotopic (exact) mass is 532 g/mol. The zero-order chi connectivity index (χ0) is 20.8. The van der Waals surface area contributed by atoms with Crippen molar-refractivity contribution in [3.05, 3.63) is 69.7 Å². The summed E-state index contributed by atoms with van der Waals surface area (Å²) in [6.07, 6.45) is 7.33. The van der Waals surface area contributed by atoms with Crippen LogP contribution in [0.5, 0.6) is 0 Å². The summed E-state index contributed by atoms with van der Waals surface area (Å²) < 4.78 is 0. The summed E-state index contributed by atoms with van der Waals surface area (Å²) >= 11 is 6.44. The number of aldehydes is 1. The van der Waals surface area contributed by atoms with E-state index >= 15 is 0 Å². The Morgan fingerprint density at radius 3 is 2.55 bits per heavy atom. The Labute approximate surface area is 222 Å². The third-order valence-electron chi connectivity index (χ3n) is 6.89. The average Bonchev–Trinajstić information content (AvgIpc) is 3.01. The number of piperidine rings is 1. The molecule has 0 saturated carbocycles. The zero-order valence-corrected chi connectivity index (χ0v) is 22.2. The van der Waals surface area contributed by atoms with Gasteiger partial charge < -0.3 is 10.1 Å². The molecule has 33 heavy (non-hydrogen) atoms. The molecule has 0 amide bonds. The summed E-state index contributed by atoms with van der Waals surface area (Å²) in [5.41, 5.74) is 5.72. The maximum Gasteiger partial charge on any atom is 0.119 e. The van der Waals surface area contributed by atoms with E-state index in [0.717, 1.165) is 69.7 Å². The summed E-state index contributed by atoms with van der Waals surface area (Å²) in [6.45, 7) is 5.22. The summed E-state index contributed by atoms with van der Waals surface area (Å²) in [4.78, 5) is 13.4. The van der Waals surface area contributed by atoms with E-state index in [1.165, 1.54) is 28.7 Å². The Kier molecular flexibility index (Phi) is 14.0. The first-order valence-corrected chi connectivity index (χ1v) is 11.8. The van der Waals surface area contributed by atoms with Crippen molar-refractivity contribution in [2.75, 3.05) is 26.2 Å². The van der Waals surface area contributed by atoms with Gasteiger partial charge >= 0.3 is 0 Å². The first kappa shape index (κ1) is 30.2. The quantitative estimate of drug-likeness (QED) is 0.336. The van der Waals surface area contributed by atoms with Gasteiger partial charge in [-0.3, -0.25) is 4.90 Å². The Balaban J connectivity index is 0.00000181. The molecule has 2 aliphatic heterocycles. The lowest BCUT2D eigenvalue weighted by Gasteiger charge is -2.39. The molecule has 0 bridgehead atoms. The van der Waals surface area contributed by atoms with Crippen LogP contribution in [-0.2, 0) is 24.2 Å². The fraction of sp³-hybridized carbons (Fsp3) is 0.500. The van der Waals surface area contributed by atoms with Gasteiger partial charge in [-0.2, -0.15) is 0 Å². The van der Waals surface area contributed by atoms with Gasteiger partial charge in [-0.15, -0.1) is 37.2 Å². The highest BCUT2D eigenvalue weighted by molar-refractivity contribution is 6.31. The molecule has 2 unspecified atom stereocenters. The molecule has 1 saturated heterocycles. The topological polar surface area (TPSA) is 32.3 Å². The van der Waals surface area contributed by atoms with E-state index in [2.05, 4.69) is 40.5 Å². The van der Waals surface area contributed by atoms with Crippen LogP contribution in [0.4, 0.5) is 0 Å². The van der Waals surface area contributed by atoms with Gasteiger partial charge in [0.25, 0.3) is 0 Å². The van der Waals surface area contributed by atoms with Crippen LogP contribution in [0.15, 0.2) is 42.5 Å². The fourth-order valence-corrected chi connectivity index (χ4v) is 5.39. The van der Waals surface area contributed by atoms with Crippen LogP contribution in [-0.4, -0.2) is 37.4 Å². The zero-order valence-electron chi connectivity index (χ0n) is 19.0. The van der Waals surface area contributed by atoms with Gasteiger partial charge in [0.05, 0.1) is 0 Å². The maximum atomic E-state index is 10.9. The Morgan fingerprint density at radius 1 is 1.03 bits per heavy atom. The lowest BCUT2D eigenvalue weighted by atomic mass is 9.77. The number of benzene rings is 2. The maximum absolute atomic E-state index is 10.9. The van der Waals surface area contributed by atoms with Crippen LogP contribution in [0.1, 0.15) is 53.9 Å². The van der Waals surface area contributed by atoms with Gasteiger partial charge in [0.1, 0.15) is 6.29 Å². The molecular formula is C26H36Cl4N2O. The highest BCUT2D eigenvalue weighted by atomic mass is 35.5. The molecule has 0 spiro atoms. The van der Waals surface area contributed by atoms with E-state index < -0.39 is 0 Å².